The number of rotatable bonds is 7. The zero-order valence-electron chi connectivity index (χ0n) is 13.6. The van der Waals surface area contributed by atoms with Crippen molar-refractivity contribution in [3.63, 3.8) is 0 Å². The third-order valence-electron chi connectivity index (χ3n) is 4.57. The minimum atomic E-state index is -3.79. The highest BCUT2D eigenvalue weighted by Gasteiger charge is 2.51. The molecular weight excluding hydrogens is 315 g/mol. The van der Waals surface area contributed by atoms with Crippen molar-refractivity contribution in [2.75, 3.05) is 6.16 Å². The number of carboxylic acid groups (broad SMARTS) is 1. The highest BCUT2D eigenvalue weighted by atomic mass is 31.2. The molecule has 3 atom stereocenters. The van der Waals surface area contributed by atoms with E-state index in [2.05, 4.69) is 0 Å². The first kappa shape index (κ1) is 18.2. The van der Waals surface area contributed by atoms with Crippen LogP contribution in [0.25, 0.3) is 0 Å². The molecule has 0 amide bonds. The number of carboxylic acids is 1. The van der Waals surface area contributed by atoms with Gasteiger partial charge in [-0.3, -0.25) is 9.36 Å². The van der Waals surface area contributed by atoms with E-state index in [1.54, 1.807) is 13.8 Å². The molecule has 1 aromatic rings. The van der Waals surface area contributed by atoms with Crippen molar-refractivity contribution in [3.8, 4) is 0 Å². The van der Waals surface area contributed by atoms with E-state index in [1.165, 1.54) is 0 Å². The van der Waals surface area contributed by atoms with E-state index in [4.69, 9.17) is 4.52 Å². The summed E-state index contributed by atoms with van der Waals surface area (Å²) in [5.41, 5.74) is -0.0422. The second-order valence-corrected chi connectivity index (χ2v) is 8.54. The van der Waals surface area contributed by atoms with Crippen LogP contribution < -0.4 is 0 Å². The van der Waals surface area contributed by atoms with E-state index in [1.807, 2.05) is 30.3 Å². The summed E-state index contributed by atoms with van der Waals surface area (Å²) in [7, 11) is -3.79. The molecule has 0 bridgehead atoms. The molecule has 0 saturated heterocycles. The quantitative estimate of drug-likeness (QED) is 0.739. The molecule has 1 saturated carbocycles. The number of hydrogen-bond acceptors (Lipinski definition) is 3. The van der Waals surface area contributed by atoms with Crippen LogP contribution in [0.5, 0.6) is 0 Å². The van der Waals surface area contributed by atoms with Crippen molar-refractivity contribution >= 4 is 13.6 Å². The Balaban J connectivity index is 2.23. The molecule has 0 heterocycles. The monoisotopic (exact) mass is 340 g/mol. The Morgan fingerprint density at radius 3 is 2.61 bits per heavy atom. The van der Waals surface area contributed by atoms with Crippen molar-refractivity contribution in [2.24, 2.45) is 11.3 Å². The van der Waals surface area contributed by atoms with Crippen molar-refractivity contribution < 1.29 is 23.9 Å². The molecule has 6 heteroatoms. The zero-order chi connectivity index (χ0) is 17.1. The molecule has 2 rings (SSSR count). The normalized spacial score (nSPS) is 27.0. The predicted molar refractivity (Wildman–Crippen MR) is 88.5 cm³/mol. The van der Waals surface area contributed by atoms with E-state index in [9.17, 15) is 19.4 Å². The first-order chi connectivity index (χ1) is 10.8. The average Bonchev–Trinajstić information content (AvgIpc) is 2.81. The summed E-state index contributed by atoms with van der Waals surface area (Å²) < 4.78 is 17.4. The number of aliphatic carboxylic acids is 1. The van der Waals surface area contributed by atoms with E-state index in [0.29, 0.717) is 19.3 Å². The summed E-state index contributed by atoms with van der Waals surface area (Å²) in [6.45, 7) is 3.40. The summed E-state index contributed by atoms with van der Waals surface area (Å²) in [5.74, 6) is -1.23. The first-order valence-electron chi connectivity index (χ1n) is 8.03. The second-order valence-electron chi connectivity index (χ2n) is 6.69. The fourth-order valence-electron chi connectivity index (χ4n) is 3.61. The Morgan fingerprint density at radius 2 is 2.04 bits per heavy atom. The van der Waals surface area contributed by atoms with Gasteiger partial charge in [-0.2, -0.15) is 0 Å². The third-order valence-corrected chi connectivity index (χ3v) is 6.23. The van der Waals surface area contributed by atoms with Gasteiger partial charge in [-0.15, -0.1) is 0 Å². The van der Waals surface area contributed by atoms with Crippen LogP contribution in [-0.4, -0.2) is 28.2 Å². The van der Waals surface area contributed by atoms with E-state index in [-0.39, 0.29) is 18.2 Å². The highest BCUT2D eigenvalue weighted by molar-refractivity contribution is 7.52. The molecule has 1 aliphatic carbocycles. The molecular formula is C17H25O5P. The van der Waals surface area contributed by atoms with Gasteiger partial charge in [-0.05, 0) is 44.6 Å². The Hall–Kier alpha value is -1.16. The number of carbonyl (C=O) groups is 1. The van der Waals surface area contributed by atoms with Crippen molar-refractivity contribution in [3.05, 3.63) is 35.9 Å². The molecule has 3 unspecified atom stereocenters. The smallest absolute Gasteiger partial charge is 0.328 e. The van der Waals surface area contributed by atoms with Crippen LogP contribution >= 0.6 is 7.60 Å². The maximum Gasteiger partial charge on any atom is 0.328 e. The summed E-state index contributed by atoms with van der Waals surface area (Å²) >= 11 is 0. The summed E-state index contributed by atoms with van der Waals surface area (Å²) in [6.07, 6.45) is 1.86. The topological polar surface area (TPSA) is 83.8 Å². The second kappa shape index (κ2) is 7.16. The largest absolute Gasteiger partial charge is 0.481 e. The van der Waals surface area contributed by atoms with E-state index >= 15 is 0 Å². The first-order valence-corrected chi connectivity index (χ1v) is 9.79. The average molecular weight is 340 g/mol. The van der Waals surface area contributed by atoms with Crippen molar-refractivity contribution in [2.45, 2.75) is 45.6 Å². The Morgan fingerprint density at radius 1 is 1.39 bits per heavy atom. The number of benzene rings is 1. The van der Waals surface area contributed by atoms with Crippen LogP contribution in [0.15, 0.2) is 30.3 Å². The van der Waals surface area contributed by atoms with Crippen LogP contribution in [0.1, 0.15) is 38.7 Å². The van der Waals surface area contributed by atoms with Gasteiger partial charge in [0.25, 0.3) is 0 Å². The fraction of sp³-hybridized carbons (Fsp3) is 0.588. The van der Waals surface area contributed by atoms with Gasteiger partial charge >= 0.3 is 13.6 Å². The molecule has 2 N–H and O–H groups in total. The van der Waals surface area contributed by atoms with Gasteiger partial charge in [-0.1, -0.05) is 36.8 Å². The highest BCUT2D eigenvalue weighted by Crippen LogP contribution is 2.54. The van der Waals surface area contributed by atoms with Crippen LogP contribution in [-0.2, 0) is 20.3 Å². The van der Waals surface area contributed by atoms with Gasteiger partial charge in [0.15, 0.2) is 0 Å². The molecule has 0 spiro atoms. The van der Waals surface area contributed by atoms with Crippen LogP contribution in [0, 0.1) is 11.3 Å². The Bertz CT molecular complexity index is 586. The number of hydrogen-bond donors (Lipinski definition) is 2. The molecule has 5 nitrogen and oxygen atoms in total. The third kappa shape index (κ3) is 4.43. The molecule has 0 aliphatic heterocycles. The van der Waals surface area contributed by atoms with Crippen LogP contribution in [0.4, 0.5) is 0 Å². The van der Waals surface area contributed by atoms with E-state index in [0.717, 1.165) is 12.0 Å². The lowest BCUT2D eigenvalue weighted by Gasteiger charge is -2.32. The molecule has 1 aliphatic rings. The van der Waals surface area contributed by atoms with Crippen molar-refractivity contribution in [1.82, 2.24) is 0 Å². The lowest BCUT2D eigenvalue weighted by molar-refractivity contribution is -0.150. The van der Waals surface area contributed by atoms with E-state index < -0.39 is 19.0 Å². The standard InChI is InChI=1S/C17H25O5P/c1-13(2)22-23(20,21)12-15-9-6-10-17(15,16(18)19)11-14-7-4-3-5-8-14/h3-5,7-8,13,15H,6,9-12H2,1-2H3,(H,18,19)(H,20,21). The van der Waals surface area contributed by atoms with Gasteiger partial charge < -0.3 is 14.5 Å². The van der Waals surface area contributed by atoms with Crippen LogP contribution in [0.3, 0.4) is 0 Å². The SMILES string of the molecule is CC(C)OP(=O)(O)CC1CCCC1(Cc1ccccc1)C(=O)O. The lowest BCUT2D eigenvalue weighted by Crippen LogP contribution is -2.38. The van der Waals surface area contributed by atoms with Gasteiger partial charge in [0.2, 0.25) is 0 Å². The molecule has 1 fully saturated rings. The van der Waals surface area contributed by atoms with Gasteiger partial charge in [0.1, 0.15) is 0 Å². The minimum absolute atomic E-state index is 0.0929. The lowest BCUT2D eigenvalue weighted by atomic mass is 9.74. The summed E-state index contributed by atoms with van der Waals surface area (Å²) in [5, 5.41) is 9.86. The minimum Gasteiger partial charge on any atom is -0.481 e. The fourth-order valence-corrected chi connectivity index (χ4v) is 5.45. The maximum atomic E-state index is 12.3. The predicted octanol–water partition coefficient (Wildman–Crippen LogP) is 3.71. The van der Waals surface area contributed by atoms with Gasteiger partial charge in [-0.25, -0.2) is 0 Å². The summed E-state index contributed by atoms with van der Waals surface area (Å²) in [4.78, 5) is 22.1. The molecule has 128 valence electrons. The Labute approximate surface area is 137 Å². The summed E-state index contributed by atoms with van der Waals surface area (Å²) in [6, 6.07) is 9.47. The zero-order valence-corrected chi connectivity index (χ0v) is 14.5. The maximum absolute atomic E-state index is 12.3. The molecule has 1 aromatic carbocycles. The Kier molecular flexibility index (Phi) is 5.66. The molecule has 0 aromatic heterocycles. The van der Waals surface area contributed by atoms with Crippen LogP contribution in [0.2, 0.25) is 0 Å². The molecule has 0 radical (unpaired) electrons. The van der Waals surface area contributed by atoms with Crippen molar-refractivity contribution in [1.29, 1.82) is 0 Å². The van der Waals surface area contributed by atoms with Gasteiger partial charge in [0.05, 0.1) is 17.7 Å². The molecule has 23 heavy (non-hydrogen) atoms. The van der Waals surface area contributed by atoms with Gasteiger partial charge in [0, 0.05) is 0 Å².